The van der Waals surface area contributed by atoms with Crippen molar-refractivity contribution in [3.8, 4) is 0 Å². The number of benzene rings is 1. The second kappa shape index (κ2) is 11.0. The van der Waals surface area contributed by atoms with Crippen molar-refractivity contribution in [2.45, 2.75) is 45.1 Å². The van der Waals surface area contributed by atoms with Gasteiger partial charge in [0.2, 0.25) is 5.70 Å². The minimum atomic E-state index is -1.81. The number of hydrogen-bond donors (Lipinski definition) is 3. The molecule has 9 nitrogen and oxygen atoms in total. The molecule has 33 heavy (non-hydrogen) atoms. The Morgan fingerprint density at radius 3 is 2.85 bits per heavy atom. The molecule has 1 aromatic carbocycles. The van der Waals surface area contributed by atoms with Crippen molar-refractivity contribution in [2.24, 2.45) is 5.92 Å². The third kappa shape index (κ3) is 6.15. The fraction of sp³-hybridized carbons (Fsp3) is 0.435. The second-order valence-corrected chi connectivity index (χ2v) is 8.43. The number of rotatable bonds is 8. The summed E-state index contributed by atoms with van der Waals surface area (Å²) in [4.78, 5) is 30.0. The first-order chi connectivity index (χ1) is 15.8. The second-order valence-electron chi connectivity index (χ2n) is 8.43. The molecule has 0 unspecified atom stereocenters. The number of para-hydroxylation sites is 1. The van der Waals surface area contributed by atoms with Crippen LogP contribution in [-0.4, -0.2) is 59.2 Å². The Morgan fingerprint density at radius 2 is 2.15 bits per heavy atom. The first kappa shape index (κ1) is 24.4. The molecule has 0 saturated carbocycles. The lowest BCUT2D eigenvalue weighted by atomic mass is 9.76. The summed E-state index contributed by atoms with van der Waals surface area (Å²) in [5.74, 6) is -1.31. The molecule has 10 heteroatoms. The van der Waals surface area contributed by atoms with E-state index in [0.29, 0.717) is 18.5 Å². The van der Waals surface area contributed by atoms with E-state index in [1.54, 1.807) is 17.0 Å². The van der Waals surface area contributed by atoms with Gasteiger partial charge in [0.25, 0.3) is 5.91 Å². The number of alkyl carbamates (subject to hydrolysis) is 1. The molecule has 1 fully saturated rings. The maximum atomic E-state index is 12.7. The SMILES string of the molecule is [C-]#[N+]C(=CC(C)C)C(=O)N1CCC[C@@H]1COC(=O)N[C@@H](Cc1coc2ccccc12)B(O)O. The average Bonchev–Trinajstić information content (AvgIpc) is 3.42. The minimum absolute atomic E-state index is 0.0482. The molecule has 0 aliphatic carbocycles. The Bertz CT molecular complexity index is 1060. The van der Waals surface area contributed by atoms with E-state index in [0.717, 1.165) is 17.4 Å². The Labute approximate surface area is 193 Å². The van der Waals surface area contributed by atoms with Gasteiger partial charge < -0.3 is 29.4 Å². The van der Waals surface area contributed by atoms with Crippen LogP contribution in [0.4, 0.5) is 4.79 Å². The molecule has 1 aliphatic rings. The van der Waals surface area contributed by atoms with Crippen LogP contribution >= 0.6 is 0 Å². The highest BCUT2D eigenvalue weighted by atomic mass is 16.5. The van der Waals surface area contributed by atoms with Crippen molar-refractivity contribution in [3.63, 3.8) is 0 Å². The van der Waals surface area contributed by atoms with Crippen LogP contribution in [-0.2, 0) is 16.0 Å². The van der Waals surface area contributed by atoms with Crippen LogP contribution in [0, 0.1) is 12.5 Å². The highest BCUT2D eigenvalue weighted by Crippen LogP contribution is 2.23. The normalized spacial score (nSPS) is 17.2. The Balaban J connectivity index is 1.58. The fourth-order valence-corrected chi connectivity index (χ4v) is 3.92. The van der Waals surface area contributed by atoms with Crippen LogP contribution in [0.25, 0.3) is 15.8 Å². The van der Waals surface area contributed by atoms with E-state index in [-0.39, 0.29) is 36.6 Å². The third-order valence-corrected chi connectivity index (χ3v) is 5.54. The van der Waals surface area contributed by atoms with E-state index < -0.39 is 19.2 Å². The minimum Gasteiger partial charge on any atom is -0.464 e. The first-order valence-corrected chi connectivity index (χ1v) is 10.9. The first-order valence-electron chi connectivity index (χ1n) is 10.9. The maximum absolute atomic E-state index is 12.7. The molecule has 2 heterocycles. The molecule has 2 amide bonds. The molecule has 1 saturated heterocycles. The Hall–Kier alpha value is -3.29. The van der Waals surface area contributed by atoms with Gasteiger partial charge in [0.1, 0.15) is 12.2 Å². The zero-order valence-corrected chi connectivity index (χ0v) is 18.7. The lowest BCUT2D eigenvalue weighted by Crippen LogP contribution is -2.49. The van der Waals surface area contributed by atoms with Gasteiger partial charge in [-0.15, -0.1) is 0 Å². The van der Waals surface area contributed by atoms with Gasteiger partial charge in [-0.2, -0.15) is 0 Å². The van der Waals surface area contributed by atoms with Crippen molar-refractivity contribution < 1.29 is 28.8 Å². The number of carbonyl (C=O) groups excluding carboxylic acids is 2. The van der Waals surface area contributed by atoms with Crippen LogP contribution < -0.4 is 5.32 Å². The molecular formula is C23H28BN3O6. The summed E-state index contributed by atoms with van der Waals surface area (Å²) in [6.07, 6.45) is 3.87. The molecule has 2 atom stereocenters. The lowest BCUT2D eigenvalue weighted by Gasteiger charge is -2.25. The number of carbonyl (C=O) groups is 2. The zero-order chi connectivity index (χ0) is 24.0. The molecule has 0 radical (unpaired) electrons. The number of fused-ring (bicyclic) bond motifs is 1. The van der Waals surface area contributed by atoms with E-state index in [4.69, 9.17) is 15.7 Å². The van der Waals surface area contributed by atoms with Gasteiger partial charge in [-0.05, 0) is 36.8 Å². The highest BCUT2D eigenvalue weighted by Gasteiger charge is 2.33. The van der Waals surface area contributed by atoms with Gasteiger partial charge in [-0.25, -0.2) is 9.64 Å². The van der Waals surface area contributed by atoms with Crippen molar-refractivity contribution in [2.75, 3.05) is 13.2 Å². The quantitative estimate of drug-likeness (QED) is 0.321. The standard InChI is InChI=1S/C23H28BN3O6/c1-15(2)11-19(25-3)22(28)27-10-6-7-17(27)14-33-23(29)26-21(24(30)31)12-16-13-32-20-9-5-4-8-18(16)20/h4-5,8-9,11,13,15,17,21,30-31H,6-7,10,12,14H2,1-2H3,(H,26,29)/t17-,21+/m1/s1. The highest BCUT2D eigenvalue weighted by molar-refractivity contribution is 6.43. The summed E-state index contributed by atoms with van der Waals surface area (Å²) in [6.45, 7) is 11.5. The smallest absolute Gasteiger partial charge is 0.464 e. The third-order valence-electron chi connectivity index (χ3n) is 5.54. The van der Waals surface area contributed by atoms with Gasteiger partial charge >= 0.3 is 13.2 Å². The van der Waals surface area contributed by atoms with Crippen molar-refractivity contribution in [1.82, 2.24) is 10.2 Å². The van der Waals surface area contributed by atoms with Crippen LogP contribution in [0.3, 0.4) is 0 Å². The molecule has 2 aromatic rings. The van der Waals surface area contributed by atoms with Gasteiger partial charge in [0, 0.05) is 11.9 Å². The number of hydrogen-bond acceptors (Lipinski definition) is 6. The van der Waals surface area contributed by atoms with Crippen LogP contribution in [0.1, 0.15) is 32.3 Å². The number of furan rings is 1. The summed E-state index contributed by atoms with van der Waals surface area (Å²) < 4.78 is 10.8. The zero-order valence-electron chi connectivity index (χ0n) is 18.7. The molecule has 3 rings (SSSR count). The molecular weight excluding hydrogens is 425 g/mol. The predicted molar refractivity (Wildman–Crippen MR) is 123 cm³/mol. The number of nitrogens with one attached hydrogen (secondary N) is 1. The van der Waals surface area contributed by atoms with Gasteiger partial charge in [-0.3, -0.25) is 4.79 Å². The van der Waals surface area contributed by atoms with Crippen molar-refractivity contribution in [1.29, 1.82) is 0 Å². The maximum Gasteiger partial charge on any atom is 0.475 e. The van der Waals surface area contributed by atoms with E-state index in [2.05, 4.69) is 10.2 Å². The molecule has 174 valence electrons. The van der Waals surface area contributed by atoms with E-state index in [9.17, 15) is 19.6 Å². The molecule has 0 spiro atoms. The van der Waals surface area contributed by atoms with Gasteiger partial charge in [0.05, 0.1) is 24.8 Å². The summed E-state index contributed by atoms with van der Waals surface area (Å²) in [7, 11) is -1.81. The van der Waals surface area contributed by atoms with E-state index in [1.165, 1.54) is 6.26 Å². The number of amides is 2. The van der Waals surface area contributed by atoms with E-state index in [1.807, 2.05) is 32.0 Å². The monoisotopic (exact) mass is 453 g/mol. The summed E-state index contributed by atoms with van der Waals surface area (Å²) in [5.41, 5.74) is 1.45. The van der Waals surface area contributed by atoms with Crippen LogP contribution in [0.2, 0.25) is 0 Å². The summed E-state index contributed by atoms with van der Waals surface area (Å²) in [6, 6.07) is 6.99. The van der Waals surface area contributed by atoms with E-state index >= 15 is 0 Å². The summed E-state index contributed by atoms with van der Waals surface area (Å²) >= 11 is 0. The van der Waals surface area contributed by atoms with Gasteiger partial charge in [-0.1, -0.05) is 38.1 Å². The largest absolute Gasteiger partial charge is 0.475 e. The number of allylic oxidation sites excluding steroid dienone is 1. The number of likely N-dealkylation sites (tertiary alicyclic amines) is 1. The molecule has 1 aromatic heterocycles. The van der Waals surface area contributed by atoms with Crippen molar-refractivity contribution >= 4 is 30.1 Å². The van der Waals surface area contributed by atoms with Crippen molar-refractivity contribution in [3.05, 3.63) is 59.3 Å². The lowest BCUT2D eigenvalue weighted by molar-refractivity contribution is -0.128. The van der Waals surface area contributed by atoms with Crippen LogP contribution in [0.15, 0.2) is 46.7 Å². The Kier molecular flexibility index (Phi) is 8.14. The molecule has 3 N–H and O–H groups in total. The predicted octanol–water partition coefficient (Wildman–Crippen LogP) is 2.53. The number of nitrogens with zero attached hydrogens (tertiary/aromatic N) is 2. The van der Waals surface area contributed by atoms with Crippen LogP contribution in [0.5, 0.6) is 0 Å². The number of ether oxygens (including phenoxy) is 1. The fourth-order valence-electron chi connectivity index (χ4n) is 3.92. The average molecular weight is 453 g/mol. The topological polar surface area (TPSA) is 117 Å². The molecule has 1 aliphatic heterocycles. The molecule has 0 bridgehead atoms. The van der Waals surface area contributed by atoms with Gasteiger partial charge in [0.15, 0.2) is 0 Å². The summed E-state index contributed by atoms with van der Waals surface area (Å²) in [5, 5.41) is 22.8. The Morgan fingerprint density at radius 1 is 1.39 bits per heavy atom.